The van der Waals surface area contributed by atoms with Gasteiger partial charge in [-0.3, -0.25) is 4.79 Å². The van der Waals surface area contributed by atoms with E-state index in [0.29, 0.717) is 55.8 Å². The van der Waals surface area contributed by atoms with Crippen molar-refractivity contribution in [2.24, 2.45) is 17.8 Å². The summed E-state index contributed by atoms with van der Waals surface area (Å²) in [7, 11) is 0. The minimum absolute atomic E-state index is 0.0964. The third-order valence-corrected chi connectivity index (χ3v) is 7.56. The molecule has 5 amide bonds. The highest BCUT2D eigenvalue weighted by molar-refractivity contribution is 5.78. The molecule has 4 fully saturated rings. The number of fused-ring (bicyclic) bond motifs is 4. The Bertz CT molecular complexity index is 676. The molecule has 4 aliphatic heterocycles. The van der Waals surface area contributed by atoms with Crippen LogP contribution in [0.1, 0.15) is 58.8 Å². The van der Waals surface area contributed by atoms with Gasteiger partial charge in [0, 0.05) is 57.8 Å². The Hall–Kier alpha value is -1.99. The molecule has 0 spiro atoms. The molecule has 4 saturated heterocycles. The van der Waals surface area contributed by atoms with Gasteiger partial charge in [0.2, 0.25) is 5.91 Å². The number of rotatable bonds is 4. The summed E-state index contributed by atoms with van der Waals surface area (Å²) < 4.78 is 0. The standard InChI is InChI=1S/C23H39N5O3/c1-16(2)6-9-24-22(30)25-19-7-10-26(11-8-19)23(31)27-13-17-12-18(15-27)20-4-3-5-21(29)28(20)14-17/h16-20H,3-15H2,1-2H3,(H2,24,25,30)/t17-,18-,20-/m1/s1. The van der Waals surface area contributed by atoms with E-state index in [2.05, 4.69) is 29.4 Å². The molecule has 0 radical (unpaired) electrons. The van der Waals surface area contributed by atoms with Crippen LogP contribution < -0.4 is 10.6 Å². The van der Waals surface area contributed by atoms with Crippen molar-refractivity contribution >= 4 is 18.0 Å². The topological polar surface area (TPSA) is 85.0 Å². The van der Waals surface area contributed by atoms with Crippen molar-refractivity contribution in [1.29, 1.82) is 0 Å². The van der Waals surface area contributed by atoms with E-state index in [4.69, 9.17) is 0 Å². The number of amides is 5. The zero-order valence-corrected chi connectivity index (χ0v) is 19.1. The zero-order valence-electron chi connectivity index (χ0n) is 19.1. The van der Waals surface area contributed by atoms with Crippen molar-refractivity contribution in [3.05, 3.63) is 0 Å². The van der Waals surface area contributed by atoms with Gasteiger partial charge in [0.25, 0.3) is 0 Å². The molecule has 31 heavy (non-hydrogen) atoms. The Kier molecular flexibility index (Phi) is 6.92. The Balaban J connectivity index is 1.23. The highest BCUT2D eigenvalue weighted by atomic mass is 16.2. The summed E-state index contributed by atoms with van der Waals surface area (Å²) in [5, 5.41) is 5.99. The maximum Gasteiger partial charge on any atom is 0.320 e. The lowest BCUT2D eigenvalue weighted by Gasteiger charge is -2.53. The van der Waals surface area contributed by atoms with E-state index in [1.54, 1.807) is 0 Å². The number of piperidine rings is 4. The van der Waals surface area contributed by atoms with Crippen LogP contribution >= 0.6 is 0 Å². The van der Waals surface area contributed by atoms with Crippen LogP contribution in [0.5, 0.6) is 0 Å². The van der Waals surface area contributed by atoms with Crippen molar-refractivity contribution in [2.75, 3.05) is 39.3 Å². The fourth-order valence-electron chi connectivity index (χ4n) is 5.89. The summed E-state index contributed by atoms with van der Waals surface area (Å²) >= 11 is 0. The molecule has 8 heteroatoms. The molecule has 4 aliphatic rings. The molecule has 0 aliphatic carbocycles. The molecule has 4 rings (SSSR count). The number of urea groups is 2. The number of hydrogen-bond donors (Lipinski definition) is 2. The van der Waals surface area contributed by atoms with Crippen LogP contribution in [0, 0.1) is 17.8 Å². The molecule has 8 nitrogen and oxygen atoms in total. The van der Waals surface area contributed by atoms with Crippen LogP contribution in [0.2, 0.25) is 0 Å². The van der Waals surface area contributed by atoms with Gasteiger partial charge < -0.3 is 25.3 Å². The number of carbonyl (C=O) groups is 3. The average Bonchev–Trinajstić information content (AvgIpc) is 2.74. The first-order valence-corrected chi connectivity index (χ1v) is 12.3. The Morgan fingerprint density at radius 2 is 1.84 bits per heavy atom. The lowest BCUT2D eigenvalue weighted by atomic mass is 9.76. The van der Waals surface area contributed by atoms with Crippen molar-refractivity contribution in [1.82, 2.24) is 25.3 Å². The quantitative estimate of drug-likeness (QED) is 0.713. The van der Waals surface area contributed by atoms with Gasteiger partial charge in [-0.25, -0.2) is 9.59 Å². The van der Waals surface area contributed by atoms with Gasteiger partial charge in [-0.2, -0.15) is 0 Å². The smallest absolute Gasteiger partial charge is 0.320 e. The largest absolute Gasteiger partial charge is 0.339 e. The second kappa shape index (κ2) is 9.65. The van der Waals surface area contributed by atoms with Gasteiger partial charge in [0.05, 0.1) is 0 Å². The Morgan fingerprint density at radius 3 is 2.58 bits per heavy atom. The van der Waals surface area contributed by atoms with Crippen molar-refractivity contribution in [3.8, 4) is 0 Å². The van der Waals surface area contributed by atoms with Crippen molar-refractivity contribution in [2.45, 2.75) is 70.9 Å². The number of nitrogens with zero attached hydrogens (tertiary/aromatic N) is 3. The first-order chi connectivity index (χ1) is 14.9. The summed E-state index contributed by atoms with van der Waals surface area (Å²) in [4.78, 5) is 43.7. The van der Waals surface area contributed by atoms with Crippen LogP contribution in [-0.4, -0.2) is 84.0 Å². The number of nitrogens with one attached hydrogen (secondary N) is 2. The molecule has 2 bridgehead atoms. The summed E-state index contributed by atoms with van der Waals surface area (Å²) in [6.07, 6.45) is 6.49. The molecule has 0 saturated carbocycles. The van der Waals surface area contributed by atoms with Gasteiger partial charge >= 0.3 is 12.1 Å². The molecular formula is C23H39N5O3. The molecule has 0 aromatic rings. The normalized spacial score (nSPS) is 29.1. The van der Waals surface area contributed by atoms with Gasteiger partial charge in [-0.05, 0) is 56.3 Å². The highest BCUT2D eigenvalue weighted by Gasteiger charge is 2.45. The van der Waals surface area contributed by atoms with Crippen molar-refractivity contribution < 1.29 is 14.4 Å². The SMILES string of the molecule is CC(C)CCNC(=O)NC1CCN(C(=O)N2C[C@H]3C[C@H](C2)[C@H]2CCCC(=O)N2C3)CC1. The first-order valence-electron chi connectivity index (χ1n) is 12.3. The van der Waals surface area contributed by atoms with E-state index in [1.807, 2.05) is 9.80 Å². The lowest BCUT2D eigenvalue weighted by molar-refractivity contribution is -0.144. The van der Waals surface area contributed by atoms with E-state index < -0.39 is 0 Å². The fraction of sp³-hybridized carbons (Fsp3) is 0.870. The lowest BCUT2D eigenvalue weighted by Crippen LogP contribution is -2.62. The maximum absolute atomic E-state index is 13.2. The second-order valence-electron chi connectivity index (χ2n) is 10.4. The van der Waals surface area contributed by atoms with Gasteiger partial charge in [-0.1, -0.05) is 13.8 Å². The minimum Gasteiger partial charge on any atom is -0.339 e. The average molecular weight is 434 g/mol. The molecule has 0 unspecified atom stereocenters. The number of likely N-dealkylation sites (tertiary alicyclic amines) is 2. The third-order valence-electron chi connectivity index (χ3n) is 7.56. The molecule has 2 N–H and O–H groups in total. The molecule has 4 heterocycles. The highest BCUT2D eigenvalue weighted by Crippen LogP contribution is 2.38. The molecule has 174 valence electrons. The van der Waals surface area contributed by atoms with E-state index >= 15 is 0 Å². The number of hydrogen-bond acceptors (Lipinski definition) is 3. The fourth-order valence-corrected chi connectivity index (χ4v) is 5.89. The first kappa shape index (κ1) is 22.2. The molecule has 3 atom stereocenters. The van der Waals surface area contributed by atoms with Gasteiger partial charge in [-0.15, -0.1) is 0 Å². The number of carbonyl (C=O) groups excluding carboxylic acids is 3. The van der Waals surface area contributed by atoms with E-state index in [-0.39, 0.29) is 18.1 Å². The van der Waals surface area contributed by atoms with Crippen LogP contribution in [0.4, 0.5) is 9.59 Å². The van der Waals surface area contributed by atoms with Gasteiger partial charge in [0.1, 0.15) is 0 Å². The van der Waals surface area contributed by atoms with E-state index in [1.165, 1.54) is 0 Å². The van der Waals surface area contributed by atoms with Crippen LogP contribution in [0.25, 0.3) is 0 Å². The maximum atomic E-state index is 13.2. The summed E-state index contributed by atoms with van der Waals surface area (Å²) in [6, 6.07) is 0.508. The molecule has 0 aromatic heterocycles. The monoisotopic (exact) mass is 433 g/mol. The third kappa shape index (κ3) is 5.26. The van der Waals surface area contributed by atoms with Crippen LogP contribution in [0.15, 0.2) is 0 Å². The Labute approximate surface area is 186 Å². The minimum atomic E-state index is -0.0964. The van der Waals surface area contributed by atoms with Crippen molar-refractivity contribution in [3.63, 3.8) is 0 Å². The van der Waals surface area contributed by atoms with Gasteiger partial charge in [0.15, 0.2) is 0 Å². The molecule has 0 aromatic carbocycles. The molecular weight excluding hydrogens is 394 g/mol. The second-order valence-corrected chi connectivity index (χ2v) is 10.4. The van der Waals surface area contributed by atoms with E-state index in [0.717, 1.165) is 58.2 Å². The predicted molar refractivity (Wildman–Crippen MR) is 119 cm³/mol. The predicted octanol–water partition coefficient (Wildman–Crippen LogP) is 2.25. The zero-order chi connectivity index (χ0) is 22.0. The van der Waals surface area contributed by atoms with E-state index in [9.17, 15) is 14.4 Å². The summed E-state index contributed by atoms with van der Waals surface area (Å²) in [6.45, 7) is 8.73. The Morgan fingerprint density at radius 1 is 1.06 bits per heavy atom. The summed E-state index contributed by atoms with van der Waals surface area (Å²) in [5.74, 6) is 1.73. The summed E-state index contributed by atoms with van der Waals surface area (Å²) in [5.41, 5.74) is 0. The van der Waals surface area contributed by atoms with Crippen LogP contribution in [0.3, 0.4) is 0 Å². The van der Waals surface area contributed by atoms with Crippen LogP contribution in [-0.2, 0) is 4.79 Å².